The van der Waals surface area contributed by atoms with Gasteiger partial charge in [-0.1, -0.05) is 19.3 Å². The van der Waals surface area contributed by atoms with Gasteiger partial charge in [-0.15, -0.1) is 0 Å². The predicted molar refractivity (Wildman–Crippen MR) is 109 cm³/mol. The van der Waals surface area contributed by atoms with E-state index >= 15 is 0 Å². The van der Waals surface area contributed by atoms with Crippen LogP contribution in [0.5, 0.6) is 0 Å². The second kappa shape index (κ2) is 9.32. The topological polar surface area (TPSA) is 74.7 Å². The van der Waals surface area contributed by atoms with E-state index in [0.29, 0.717) is 30.0 Å². The number of anilines is 1. The van der Waals surface area contributed by atoms with Crippen LogP contribution >= 0.6 is 22.6 Å². The number of carbonyl (C=O) groups excluding carboxylic acids is 1. The van der Waals surface area contributed by atoms with E-state index in [-0.39, 0.29) is 18.5 Å². The number of halogens is 1. The summed E-state index contributed by atoms with van der Waals surface area (Å²) in [6.45, 7) is 1.65. The largest absolute Gasteiger partial charge is 0.465 e. The molecule has 1 aromatic rings. The summed E-state index contributed by atoms with van der Waals surface area (Å²) in [5, 5.41) is 13.7. The molecule has 1 aromatic heterocycles. The summed E-state index contributed by atoms with van der Waals surface area (Å²) in [5.41, 5.74) is 0.495. The average molecular weight is 473 g/mol. The summed E-state index contributed by atoms with van der Waals surface area (Å²) in [6, 6.07) is 2.72. The molecule has 1 aliphatic heterocycles. The standard InChI is InChI=1S/C19H28IN3O3/c1-26-19(25)16-9-14(20)10-21-18(16)23-8-7-17(13(11-23)12-24)22-15-5-3-2-4-6-15/h9-10,13,15,17,22,24H,2-8,11-12H2,1H3. The first-order chi connectivity index (χ1) is 12.6. The van der Waals surface area contributed by atoms with E-state index in [2.05, 4.69) is 37.8 Å². The molecule has 2 aliphatic rings. The zero-order valence-electron chi connectivity index (χ0n) is 15.3. The third-order valence-corrected chi connectivity index (χ3v) is 6.15. The van der Waals surface area contributed by atoms with Crippen molar-refractivity contribution in [1.29, 1.82) is 0 Å². The number of esters is 1. The molecule has 0 bridgehead atoms. The Morgan fingerprint density at radius 2 is 2.15 bits per heavy atom. The fourth-order valence-electron chi connectivity index (χ4n) is 4.15. The summed E-state index contributed by atoms with van der Waals surface area (Å²) >= 11 is 2.15. The lowest BCUT2D eigenvalue weighted by Crippen LogP contribution is -2.54. The van der Waals surface area contributed by atoms with E-state index < -0.39 is 0 Å². The van der Waals surface area contributed by atoms with Crippen molar-refractivity contribution < 1.29 is 14.6 Å². The lowest BCUT2D eigenvalue weighted by atomic mass is 9.89. The van der Waals surface area contributed by atoms with E-state index in [1.807, 2.05) is 6.07 Å². The molecule has 1 saturated heterocycles. The van der Waals surface area contributed by atoms with Gasteiger partial charge in [0.05, 0.1) is 7.11 Å². The molecule has 6 nitrogen and oxygen atoms in total. The van der Waals surface area contributed by atoms with Crippen LogP contribution < -0.4 is 10.2 Å². The molecule has 0 radical (unpaired) electrons. The lowest BCUT2D eigenvalue weighted by molar-refractivity contribution is 0.0600. The Kier molecular flexibility index (Phi) is 7.11. The van der Waals surface area contributed by atoms with Crippen molar-refractivity contribution in [2.75, 3.05) is 31.7 Å². The first kappa shape index (κ1) is 19.8. The van der Waals surface area contributed by atoms with Crippen LogP contribution in [0.1, 0.15) is 48.9 Å². The quantitative estimate of drug-likeness (QED) is 0.506. The van der Waals surface area contributed by atoms with Gasteiger partial charge in [-0.25, -0.2) is 9.78 Å². The Bertz CT molecular complexity index is 622. The third-order valence-electron chi connectivity index (χ3n) is 5.56. The molecule has 2 fully saturated rings. The zero-order chi connectivity index (χ0) is 18.5. The monoisotopic (exact) mass is 473 g/mol. The van der Waals surface area contributed by atoms with Crippen LogP contribution in [0.4, 0.5) is 5.82 Å². The Hall–Kier alpha value is -0.930. The van der Waals surface area contributed by atoms with Gasteiger partial charge in [0, 0.05) is 47.5 Å². The second-order valence-electron chi connectivity index (χ2n) is 7.30. The van der Waals surface area contributed by atoms with Crippen LogP contribution in [-0.4, -0.2) is 54.9 Å². The number of aliphatic hydroxyl groups excluding tert-OH is 1. The van der Waals surface area contributed by atoms with E-state index in [1.54, 1.807) is 6.20 Å². The number of rotatable bonds is 5. The summed E-state index contributed by atoms with van der Waals surface area (Å²) in [6.07, 6.45) is 9.13. The van der Waals surface area contributed by atoms with Gasteiger partial charge < -0.3 is 20.1 Å². The van der Waals surface area contributed by atoms with Gasteiger partial charge >= 0.3 is 5.97 Å². The minimum atomic E-state index is -0.367. The number of hydrogen-bond acceptors (Lipinski definition) is 6. The molecule has 2 atom stereocenters. The van der Waals surface area contributed by atoms with Gasteiger partial charge in [-0.2, -0.15) is 0 Å². The number of methoxy groups -OCH3 is 1. The van der Waals surface area contributed by atoms with Gasteiger partial charge in [0.15, 0.2) is 0 Å². The van der Waals surface area contributed by atoms with E-state index in [0.717, 1.165) is 16.5 Å². The maximum atomic E-state index is 12.2. The zero-order valence-corrected chi connectivity index (χ0v) is 17.4. The maximum Gasteiger partial charge on any atom is 0.341 e. The highest BCUT2D eigenvalue weighted by molar-refractivity contribution is 14.1. The number of piperidine rings is 1. The van der Waals surface area contributed by atoms with E-state index in [1.165, 1.54) is 39.2 Å². The maximum absolute atomic E-state index is 12.2. The average Bonchev–Trinajstić information content (AvgIpc) is 2.68. The third kappa shape index (κ3) is 4.67. The van der Waals surface area contributed by atoms with Crippen molar-refractivity contribution in [2.45, 2.75) is 50.6 Å². The van der Waals surface area contributed by atoms with Gasteiger partial charge in [-0.3, -0.25) is 0 Å². The van der Waals surface area contributed by atoms with E-state index in [9.17, 15) is 9.90 Å². The lowest BCUT2D eigenvalue weighted by Gasteiger charge is -2.41. The van der Waals surface area contributed by atoms with Gasteiger partial charge in [0.25, 0.3) is 0 Å². The van der Waals surface area contributed by atoms with Crippen molar-refractivity contribution in [1.82, 2.24) is 10.3 Å². The van der Waals surface area contributed by atoms with Gasteiger partial charge in [0.2, 0.25) is 0 Å². The molecule has 2 heterocycles. The van der Waals surface area contributed by atoms with Crippen LogP contribution in [0.15, 0.2) is 12.3 Å². The highest BCUT2D eigenvalue weighted by atomic mass is 127. The van der Waals surface area contributed by atoms with Crippen LogP contribution in [0.3, 0.4) is 0 Å². The fourth-order valence-corrected chi connectivity index (χ4v) is 4.60. The molecule has 1 saturated carbocycles. The minimum absolute atomic E-state index is 0.136. The number of hydrogen-bond donors (Lipinski definition) is 2. The van der Waals surface area contributed by atoms with Crippen molar-refractivity contribution >= 4 is 34.4 Å². The molecule has 7 heteroatoms. The number of pyridine rings is 1. The minimum Gasteiger partial charge on any atom is -0.465 e. The van der Waals surface area contributed by atoms with Crippen LogP contribution in [-0.2, 0) is 4.74 Å². The van der Waals surface area contributed by atoms with E-state index in [4.69, 9.17) is 4.74 Å². The number of aromatic nitrogens is 1. The molecular weight excluding hydrogens is 445 g/mol. The Labute approximate surface area is 168 Å². The Morgan fingerprint density at radius 3 is 2.85 bits per heavy atom. The summed E-state index contributed by atoms with van der Waals surface area (Å²) < 4.78 is 5.83. The first-order valence-electron chi connectivity index (χ1n) is 9.48. The smallest absolute Gasteiger partial charge is 0.341 e. The number of aliphatic hydroxyl groups is 1. The molecule has 26 heavy (non-hydrogen) atoms. The van der Waals surface area contributed by atoms with Crippen molar-refractivity contribution in [2.24, 2.45) is 5.92 Å². The molecule has 144 valence electrons. The number of nitrogens with zero attached hydrogens (tertiary/aromatic N) is 2. The SMILES string of the molecule is COC(=O)c1cc(I)cnc1N1CCC(NC2CCCCC2)C(CO)C1. The molecule has 0 spiro atoms. The van der Waals surface area contributed by atoms with Crippen molar-refractivity contribution in [3.8, 4) is 0 Å². The Balaban J connectivity index is 1.71. The number of carbonyl (C=O) groups is 1. The number of ether oxygens (including phenoxy) is 1. The molecule has 0 amide bonds. The van der Waals surface area contributed by atoms with Crippen molar-refractivity contribution in [3.63, 3.8) is 0 Å². The van der Waals surface area contributed by atoms with Crippen LogP contribution in [0, 0.1) is 9.49 Å². The fraction of sp³-hybridized carbons (Fsp3) is 0.684. The predicted octanol–water partition coefficient (Wildman–Crippen LogP) is 2.58. The first-order valence-corrected chi connectivity index (χ1v) is 10.6. The highest BCUT2D eigenvalue weighted by Gasteiger charge is 2.32. The second-order valence-corrected chi connectivity index (χ2v) is 8.55. The molecule has 2 N–H and O–H groups in total. The summed E-state index contributed by atoms with van der Waals surface area (Å²) in [5.74, 6) is 0.429. The molecule has 0 aromatic carbocycles. The van der Waals surface area contributed by atoms with Crippen molar-refractivity contribution in [3.05, 3.63) is 21.4 Å². The highest BCUT2D eigenvalue weighted by Crippen LogP contribution is 2.28. The Morgan fingerprint density at radius 1 is 1.38 bits per heavy atom. The number of nitrogens with one attached hydrogen (secondary N) is 1. The van der Waals surface area contributed by atoms with Crippen LogP contribution in [0.25, 0.3) is 0 Å². The molecule has 1 aliphatic carbocycles. The van der Waals surface area contributed by atoms with Crippen LogP contribution in [0.2, 0.25) is 0 Å². The molecule has 2 unspecified atom stereocenters. The molecular formula is C19H28IN3O3. The summed E-state index contributed by atoms with van der Waals surface area (Å²) in [4.78, 5) is 18.8. The normalized spacial score (nSPS) is 24.5. The molecule has 3 rings (SSSR count). The summed E-state index contributed by atoms with van der Waals surface area (Å²) in [7, 11) is 1.39. The van der Waals surface area contributed by atoms with Gasteiger partial charge in [-0.05, 0) is 47.9 Å². The van der Waals surface area contributed by atoms with Gasteiger partial charge in [0.1, 0.15) is 11.4 Å².